The Morgan fingerprint density at radius 2 is 2.24 bits per heavy atom. The summed E-state index contributed by atoms with van der Waals surface area (Å²) in [4.78, 5) is 0. The molecule has 0 bridgehead atoms. The Labute approximate surface area is 101 Å². The first kappa shape index (κ1) is 11.7. The van der Waals surface area contributed by atoms with E-state index in [1.807, 2.05) is 12.1 Å². The fourth-order valence-electron chi connectivity index (χ4n) is 1.65. The van der Waals surface area contributed by atoms with Crippen LogP contribution in [0, 0.1) is 6.92 Å². The Morgan fingerprint density at radius 3 is 3.00 bits per heavy atom. The lowest BCUT2D eigenvalue weighted by atomic mass is 10.1. The van der Waals surface area contributed by atoms with Crippen LogP contribution in [0.4, 0.5) is 5.82 Å². The van der Waals surface area contributed by atoms with Gasteiger partial charge in [0, 0.05) is 19.7 Å². The molecular weight excluding hydrogens is 214 g/mol. The highest BCUT2D eigenvalue weighted by molar-refractivity contribution is 5.63. The number of ether oxygens (including phenoxy) is 1. The van der Waals surface area contributed by atoms with Crippen molar-refractivity contribution in [2.75, 3.05) is 25.6 Å². The molecule has 17 heavy (non-hydrogen) atoms. The molecule has 0 aliphatic rings. The van der Waals surface area contributed by atoms with Crippen molar-refractivity contribution in [1.82, 2.24) is 10.2 Å². The zero-order valence-electron chi connectivity index (χ0n) is 10.2. The maximum Gasteiger partial charge on any atom is 0.148 e. The summed E-state index contributed by atoms with van der Waals surface area (Å²) in [7, 11) is 1.68. The van der Waals surface area contributed by atoms with Crippen molar-refractivity contribution in [2.45, 2.75) is 6.92 Å². The molecule has 0 unspecified atom stereocenters. The first-order chi connectivity index (χ1) is 8.29. The van der Waals surface area contributed by atoms with Gasteiger partial charge in [-0.05, 0) is 18.6 Å². The van der Waals surface area contributed by atoms with E-state index in [0.717, 1.165) is 23.6 Å². The van der Waals surface area contributed by atoms with E-state index in [0.29, 0.717) is 6.61 Å². The van der Waals surface area contributed by atoms with Crippen molar-refractivity contribution in [3.8, 4) is 11.3 Å². The van der Waals surface area contributed by atoms with Crippen molar-refractivity contribution >= 4 is 5.82 Å². The number of aryl methyl sites for hydroxylation is 1. The number of hydrogen-bond acceptors (Lipinski definition) is 3. The van der Waals surface area contributed by atoms with Gasteiger partial charge in [0.25, 0.3) is 0 Å². The van der Waals surface area contributed by atoms with E-state index in [2.05, 4.69) is 40.6 Å². The van der Waals surface area contributed by atoms with E-state index < -0.39 is 0 Å². The number of rotatable bonds is 5. The number of nitrogens with one attached hydrogen (secondary N) is 2. The van der Waals surface area contributed by atoms with Crippen LogP contribution < -0.4 is 5.32 Å². The summed E-state index contributed by atoms with van der Waals surface area (Å²) in [6.07, 6.45) is 0. The molecule has 1 aromatic carbocycles. The van der Waals surface area contributed by atoms with Crippen LogP contribution >= 0.6 is 0 Å². The van der Waals surface area contributed by atoms with Gasteiger partial charge in [0.05, 0.1) is 12.3 Å². The molecule has 0 amide bonds. The first-order valence-electron chi connectivity index (χ1n) is 5.65. The number of aromatic nitrogens is 2. The van der Waals surface area contributed by atoms with Crippen molar-refractivity contribution < 1.29 is 4.74 Å². The molecule has 2 rings (SSSR count). The summed E-state index contributed by atoms with van der Waals surface area (Å²) in [5.74, 6) is 0.846. The van der Waals surface area contributed by atoms with Crippen LogP contribution in [0.15, 0.2) is 30.3 Å². The van der Waals surface area contributed by atoms with E-state index >= 15 is 0 Å². The lowest BCUT2D eigenvalue weighted by Gasteiger charge is -2.00. The average molecular weight is 231 g/mol. The summed E-state index contributed by atoms with van der Waals surface area (Å²) >= 11 is 0. The molecule has 0 radical (unpaired) electrons. The summed E-state index contributed by atoms with van der Waals surface area (Å²) in [6.45, 7) is 3.51. The molecule has 0 saturated heterocycles. The zero-order valence-corrected chi connectivity index (χ0v) is 10.2. The number of benzene rings is 1. The number of H-pyrrole nitrogens is 1. The van der Waals surface area contributed by atoms with E-state index in [9.17, 15) is 0 Å². The molecule has 4 nitrogen and oxygen atoms in total. The number of hydrogen-bond donors (Lipinski definition) is 2. The Balaban J connectivity index is 2.07. The van der Waals surface area contributed by atoms with Gasteiger partial charge in [-0.25, -0.2) is 0 Å². The van der Waals surface area contributed by atoms with E-state index in [4.69, 9.17) is 4.74 Å². The van der Waals surface area contributed by atoms with Crippen molar-refractivity contribution in [3.05, 3.63) is 35.9 Å². The number of anilines is 1. The summed E-state index contributed by atoms with van der Waals surface area (Å²) < 4.78 is 4.97. The number of aromatic amines is 1. The maximum absolute atomic E-state index is 4.97. The van der Waals surface area contributed by atoms with Crippen molar-refractivity contribution in [1.29, 1.82) is 0 Å². The van der Waals surface area contributed by atoms with Crippen LogP contribution in [0.5, 0.6) is 0 Å². The smallest absolute Gasteiger partial charge is 0.148 e. The molecule has 1 heterocycles. The number of methoxy groups -OCH3 is 1. The van der Waals surface area contributed by atoms with Crippen LogP contribution in [0.3, 0.4) is 0 Å². The molecule has 90 valence electrons. The highest BCUT2D eigenvalue weighted by Crippen LogP contribution is 2.20. The monoisotopic (exact) mass is 231 g/mol. The van der Waals surface area contributed by atoms with Crippen LogP contribution in [0.2, 0.25) is 0 Å². The fourth-order valence-corrected chi connectivity index (χ4v) is 1.65. The van der Waals surface area contributed by atoms with E-state index in [1.165, 1.54) is 5.56 Å². The fraction of sp³-hybridized carbons (Fsp3) is 0.308. The molecule has 2 aromatic rings. The minimum atomic E-state index is 0.673. The van der Waals surface area contributed by atoms with E-state index in [-0.39, 0.29) is 0 Å². The van der Waals surface area contributed by atoms with Gasteiger partial charge >= 0.3 is 0 Å². The maximum atomic E-state index is 4.97. The highest BCUT2D eigenvalue weighted by atomic mass is 16.5. The molecule has 2 N–H and O–H groups in total. The molecule has 0 saturated carbocycles. The Morgan fingerprint density at radius 1 is 1.35 bits per heavy atom. The van der Waals surface area contributed by atoms with Crippen LogP contribution in [0.1, 0.15) is 5.56 Å². The van der Waals surface area contributed by atoms with Gasteiger partial charge in [0.1, 0.15) is 5.82 Å². The lowest BCUT2D eigenvalue weighted by Crippen LogP contribution is -2.07. The summed E-state index contributed by atoms with van der Waals surface area (Å²) in [6, 6.07) is 10.3. The molecule has 0 atom stereocenters. The predicted octanol–water partition coefficient (Wildman–Crippen LogP) is 2.44. The Hall–Kier alpha value is -1.81. The average Bonchev–Trinajstić information content (AvgIpc) is 2.78. The van der Waals surface area contributed by atoms with Gasteiger partial charge < -0.3 is 10.1 Å². The third kappa shape index (κ3) is 3.07. The topological polar surface area (TPSA) is 49.9 Å². The van der Waals surface area contributed by atoms with Crippen LogP contribution in [-0.4, -0.2) is 30.5 Å². The van der Waals surface area contributed by atoms with Gasteiger partial charge in [-0.2, -0.15) is 5.10 Å². The zero-order chi connectivity index (χ0) is 12.1. The molecule has 0 spiro atoms. The van der Waals surface area contributed by atoms with Gasteiger partial charge in [-0.3, -0.25) is 5.10 Å². The second-order valence-corrected chi connectivity index (χ2v) is 3.96. The van der Waals surface area contributed by atoms with Crippen molar-refractivity contribution in [3.63, 3.8) is 0 Å². The second kappa shape index (κ2) is 5.50. The normalized spacial score (nSPS) is 10.5. The molecule has 4 heteroatoms. The summed E-state index contributed by atoms with van der Waals surface area (Å²) in [5, 5.41) is 10.4. The van der Waals surface area contributed by atoms with E-state index in [1.54, 1.807) is 7.11 Å². The Kier molecular flexibility index (Phi) is 3.77. The third-order valence-electron chi connectivity index (χ3n) is 2.52. The molecule has 1 aromatic heterocycles. The second-order valence-electron chi connectivity index (χ2n) is 3.96. The van der Waals surface area contributed by atoms with Gasteiger partial charge in [0.2, 0.25) is 0 Å². The predicted molar refractivity (Wildman–Crippen MR) is 69.1 cm³/mol. The number of nitrogens with zero attached hydrogens (tertiary/aromatic N) is 1. The van der Waals surface area contributed by atoms with Crippen molar-refractivity contribution in [2.24, 2.45) is 0 Å². The Bertz CT molecular complexity index is 479. The minimum Gasteiger partial charge on any atom is -0.383 e. The van der Waals surface area contributed by atoms with Crippen LogP contribution in [0.25, 0.3) is 11.3 Å². The van der Waals surface area contributed by atoms with Gasteiger partial charge in [-0.15, -0.1) is 0 Å². The van der Waals surface area contributed by atoms with Gasteiger partial charge in [0.15, 0.2) is 0 Å². The summed E-state index contributed by atoms with van der Waals surface area (Å²) in [5.41, 5.74) is 3.41. The molecule has 0 fully saturated rings. The van der Waals surface area contributed by atoms with Gasteiger partial charge in [-0.1, -0.05) is 23.8 Å². The SMILES string of the molecule is COCCNc1cc(-c2cccc(C)c2)[nH]n1. The third-order valence-corrected chi connectivity index (χ3v) is 2.52. The first-order valence-corrected chi connectivity index (χ1v) is 5.65. The lowest BCUT2D eigenvalue weighted by molar-refractivity contribution is 0.210. The molecule has 0 aliphatic heterocycles. The molecule has 0 aliphatic carbocycles. The quantitative estimate of drug-likeness (QED) is 0.777. The van der Waals surface area contributed by atoms with Crippen LogP contribution in [-0.2, 0) is 4.74 Å². The minimum absolute atomic E-state index is 0.673. The largest absolute Gasteiger partial charge is 0.383 e. The molecular formula is C13H17N3O. The standard InChI is InChI=1S/C13H17N3O/c1-10-4-3-5-11(8-10)12-9-13(16-15-12)14-6-7-17-2/h3-5,8-9H,6-7H2,1-2H3,(H2,14,15,16). The highest BCUT2D eigenvalue weighted by Gasteiger charge is 2.02.